The molecule has 0 radical (unpaired) electrons. The predicted molar refractivity (Wildman–Crippen MR) is 92.5 cm³/mol. The molecule has 2 N–H and O–H groups in total. The average Bonchev–Trinajstić information content (AvgIpc) is 2.56. The summed E-state index contributed by atoms with van der Waals surface area (Å²) in [6.07, 6.45) is 0.377. The zero-order chi connectivity index (χ0) is 16.7. The predicted octanol–water partition coefficient (Wildman–Crippen LogP) is 3.45. The number of ether oxygens (including phenoxy) is 2. The van der Waals surface area contributed by atoms with Crippen LogP contribution in [0, 0.1) is 6.92 Å². The Bertz CT molecular complexity index is 654. The number of methoxy groups -OCH3 is 2. The van der Waals surface area contributed by atoms with Gasteiger partial charge in [-0.3, -0.25) is 4.79 Å². The minimum Gasteiger partial charge on any atom is -0.493 e. The van der Waals surface area contributed by atoms with Crippen LogP contribution in [0.3, 0.4) is 0 Å². The first-order valence-electron chi connectivity index (χ1n) is 7.45. The molecule has 0 aliphatic heterocycles. The number of aryl methyl sites for hydroxylation is 1. The first kappa shape index (κ1) is 16.7. The molecule has 0 heterocycles. The second-order valence-electron chi connectivity index (χ2n) is 5.16. The van der Waals surface area contributed by atoms with Crippen LogP contribution >= 0.6 is 0 Å². The van der Waals surface area contributed by atoms with Gasteiger partial charge in [0.1, 0.15) is 0 Å². The number of nitrogens with one attached hydrogen (secondary N) is 2. The normalized spacial score (nSPS) is 10.0. The molecule has 5 heteroatoms. The maximum Gasteiger partial charge on any atom is 0.226 e. The van der Waals surface area contributed by atoms with Crippen LogP contribution in [0.1, 0.15) is 12.0 Å². The Labute approximate surface area is 136 Å². The van der Waals surface area contributed by atoms with E-state index in [1.54, 1.807) is 32.4 Å². The molecular formula is C18H22N2O3. The van der Waals surface area contributed by atoms with Crippen molar-refractivity contribution in [3.8, 4) is 11.5 Å². The van der Waals surface area contributed by atoms with E-state index in [1.165, 1.54) is 5.56 Å². The van der Waals surface area contributed by atoms with E-state index < -0.39 is 0 Å². The van der Waals surface area contributed by atoms with Crippen LogP contribution in [-0.4, -0.2) is 26.7 Å². The molecule has 0 unspecified atom stereocenters. The number of rotatable bonds is 7. The van der Waals surface area contributed by atoms with Crippen molar-refractivity contribution in [3.05, 3.63) is 48.0 Å². The average molecular weight is 314 g/mol. The fourth-order valence-corrected chi connectivity index (χ4v) is 2.13. The Morgan fingerprint density at radius 3 is 2.26 bits per heavy atom. The highest BCUT2D eigenvalue weighted by Crippen LogP contribution is 2.29. The molecule has 1 amide bonds. The van der Waals surface area contributed by atoms with Crippen molar-refractivity contribution in [2.24, 2.45) is 0 Å². The summed E-state index contributed by atoms with van der Waals surface area (Å²) >= 11 is 0. The third-order valence-electron chi connectivity index (χ3n) is 3.40. The molecule has 0 aliphatic rings. The molecular weight excluding hydrogens is 292 g/mol. The first-order chi connectivity index (χ1) is 11.1. The van der Waals surface area contributed by atoms with Gasteiger partial charge in [-0.25, -0.2) is 0 Å². The minimum atomic E-state index is -0.0585. The van der Waals surface area contributed by atoms with Crippen LogP contribution in [0.15, 0.2) is 42.5 Å². The molecule has 2 aromatic carbocycles. The van der Waals surface area contributed by atoms with Gasteiger partial charge in [-0.1, -0.05) is 17.7 Å². The van der Waals surface area contributed by atoms with Gasteiger partial charge >= 0.3 is 0 Å². The van der Waals surface area contributed by atoms with Crippen molar-refractivity contribution in [1.82, 2.24) is 0 Å². The lowest BCUT2D eigenvalue weighted by Gasteiger charge is -2.11. The Hall–Kier alpha value is -2.69. The zero-order valence-electron chi connectivity index (χ0n) is 13.7. The van der Waals surface area contributed by atoms with Crippen molar-refractivity contribution in [2.75, 3.05) is 31.4 Å². The molecule has 23 heavy (non-hydrogen) atoms. The molecule has 5 nitrogen and oxygen atoms in total. The lowest BCUT2D eigenvalue weighted by molar-refractivity contribution is -0.115. The lowest BCUT2D eigenvalue weighted by Crippen LogP contribution is -2.16. The smallest absolute Gasteiger partial charge is 0.226 e. The van der Waals surface area contributed by atoms with Crippen molar-refractivity contribution in [2.45, 2.75) is 13.3 Å². The van der Waals surface area contributed by atoms with Crippen molar-refractivity contribution in [3.63, 3.8) is 0 Å². The third kappa shape index (κ3) is 4.92. The van der Waals surface area contributed by atoms with Crippen LogP contribution in [0.25, 0.3) is 0 Å². The Morgan fingerprint density at radius 1 is 0.957 bits per heavy atom. The lowest BCUT2D eigenvalue weighted by atomic mass is 10.2. The maximum absolute atomic E-state index is 12.0. The fourth-order valence-electron chi connectivity index (χ4n) is 2.13. The van der Waals surface area contributed by atoms with Crippen LogP contribution in [-0.2, 0) is 4.79 Å². The molecule has 122 valence electrons. The molecule has 0 aromatic heterocycles. The second kappa shape index (κ2) is 8.08. The van der Waals surface area contributed by atoms with E-state index >= 15 is 0 Å². The topological polar surface area (TPSA) is 59.6 Å². The summed E-state index contributed by atoms with van der Waals surface area (Å²) in [5, 5.41) is 6.07. The van der Waals surface area contributed by atoms with Crippen LogP contribution in [0.2, 0.25) is 0 Å². The van der Waals surface area contributed by atoms with Crippen LogP contribution < -0.4 is 20.1 Å². The van der Waals surface area contributed by atoms with E-state index in [1.807, 2.05) is 31.2 Å². The number of benzene rings is 2. The monoisotopic (exact) mass is 314 g/mol. The number of carbonyl (C=O) groups is 1. The summed E-state index contributed by atoms with van der Waals surface area (Å²) in [5.41, 5.74) is 2.90. The Balaban J connectivity index is 1.83. The summed E-state index contributed by atoms with van der Waals surface area (Å²) in [6, 6.07) is 13.4. The largest absolute Gasteiger partial charge is 0.493 e. The molecule has 0 spiro atoms. The molecule has 2 aromatic rings. The molecule has 0 saturated carbocycles. The highest BCUT2D eigenvalue weighted by molar-refractivity contribution is 5.91. The molecule has 0 saturated heterocycles. The number of anilines is 2. The fraction of sp³-hybridized carbons (Fsp3) is 0.278. The third-order valence-corrected chi connectivity index (χ3v) is 3.40. The number of amides is 1. The van der Waals surface area contributed by atoms with Gasteiger partial charge in [0.25, 0.3) is 0 Å². The number of carbonyl (C=O) groups excluding carboxylic acids is 1. The van der Waals surface area contributed by atoms with E-state index in [0.29, 0.717) is 30.2 Å². The van der Waals surface area contributed by atoms with Crippen molar-refractivity contribution >= 4 is 17.3 Å². The van der Waals surface area contributed by atoms with Gasteiger partial charge in [-0.15, -0.1) is 0 Å². The van der Waals surface area contributed by atoms with Crippen LogP contribution in [0.5, 0.6) is 11.5 Å². The maximum atomic E-state index is 12.0. The summed E-state index contributed by atoms with van der Waals surface area (Å²) in [6.45, 7) is 2.61. The molecule has 0 aliphatic carbocycles. The quantitative estimate of drug-likeness (QED) is 0.822. The first-order valence-corrected chi connectivity index (χ1v) is 7.45. The van der Waals surface area contributed by atoms with E-state index in [2.05, 4.69) is 10.6 Å². The van der Waals surface area contributed by atoms with Gasteiger partial charge in [0.15, 0.2) is 11.5 Å². The summed E-state index contributed by atoms with van der Waals surface area (Å²) in [5.74, 6) is 1.16. The molecule has 0 atom stereocenters. The van der Waals surface area contributed by atoms with Gasteiger partial charge in [0.2, 0.25) is 5.91 Å². The van der Waals surface area contributed by atoms with Crippen LogP contribution in [0.4, 0.5) is 11.4 Å². The number of hydrogen-bond acceptors (Lipinski definition) is 4. The molecule has 0 fully saturated rings. The molecule has 0 bridgehead atoms. The van der Waals surface area contributed by atoms with Gasteiger partial charge in [0.05, 0.1) is 14.2 Å². The Morgan fingerprint density at radius 2 is 1.61 bits per heavy atom. The summed E-state index contributed by atoms with van der Waals surface area (Å²) in [7, 11) is 3.14. The van der Waals surface area contributed by atoms with Crippen molar-refractivity contribution in [1.29, 1.82) is 0 Å². The van der Waals surface area contributed by atoms with E-state index in [-0.39, 0.29) is 5.91 Å². The van der Waals surface area contributed by atoms with Crippen molar-refractivity contribution < 1.29 is 14.3 Å². The van der Waals surface area contributed by atoms with Gasteiger partial charge in [0, 0.05) is 30.4 Å². The van der Waals surface area contributed by atoms with E-state index in [9.17, 15) is 4.79 Å². The summed E-state index contributed by atoms with van der Waals surface area (Å²) in [4.78, 5) is 12.0. The van der Waals surface area contributed by atoms with E-state index in [0.717, 1.165) is 5.69 Å². The Kier molecular flexibility index (Phi) is 5.86. The van der Waals surface area contributed by atoms with Gasteiger partial charge in [-0.05, 0) is 31.2 Å². The minimum absolute atomic E-state index is 0.0585. The SMILES string of the molecule is COc1ccc(NC(=O)CCNc2ccc(C)cc2)cc1OC. The second-order valence-corrected chi connectivity index (χ2v) is 5.16. The highest BCUT2D eigenvalue weighted by Gasteiger charge is 2.07. The highest BCUT2D eigenvalue weighted by atomic mass is 16.5. The van der Waals surface area contributed by atoms with E-state index in [4.69, 9.17) is 9.47 Å². The summed E-state index contributed by atoms with van der Waals surface area (Å²) < 4.78 is 10.4. The number of hydrogen-bond donors (Lipinski definition) is 2. The zero-order valence-corrected chi connectivity index (χ0v) is 13.7. The van der Waals surface area contributed by atoms with Gasteiger partial charge < -0.3 is 20.1 Å². The van der Waals surface area contributed by atoms with Gasteiger partial charge in [-0.2, -0.15) is 0 Å². The standard InChI is InChI=1S/C18H22N2O3/c1-13-4-6-14(7-5-13)19-11-10-18(21)20-15-8-9-16(22-2)17(12-15)23-3/h4-9,12,19H,10-11H2,1-3H3,(H,20,21). The molecule has 2 rings (SSSR count).